The van der Waals surface area contributed by atoms with Gasteiger partial charge in [-0.1, -0.05) is 42.5 Å². The van der Waals surface area contributed by atoms with E-state index in [0.29, 0.717) is 4.99 Å². The molecule has 0 aliphatic heterocycles. The van der Waals surface area contributed by atoms with Crippen LogP contribution in [-0.2, 0) is 12.4 Å². The lowest BCUT2D eigenvalue weighted by Crippen LogP contribution is -2.14. The van der Waals surface area contributed by atoms with Crippen LogP contribution in [0.3, 0.4) is 0 Å². The van der Waals surface area contributed by atoms with Crippen LogP contribution in [0.25, 0.3) is 0 Å². The van der Waals surface area contributed by atoms with E-state index in [0.717, 1.165) is 5.56 Å². The zero-order valence-electron chi connectivity index (χ0n) is 5.65. The molecule has 1 rings (SSSR count). The second-order valence-electron chi connectivity index (χ2n) is 1.90. The zero-order valence-corrected chi connectivity index (χ0v) is 7.28. The van der Waals surface area contributed by atoms with E-state index in [-0.39, 0.29) is 0 Å². The van der Waals surface area contributed by atoms with E-state index in [1.54, 1.807) is 0 Å². The number of rotatable bonds is 2. The minimum absolute atomic E-state index is 0.556. The topological polar surface area (TPSA) is 24.4 Å². The number of thiocarbonyl (C=S) groups is 1. The monoisotopic (exact) mass is 182 g/mol. The second-order valence-corrected chi connectivity index (χ2v) is 2.49. The first kappa shape index (κ1) is 8.23. The van der Waals surface area contributed by atoms with E-state index in [1.807, 2.05) is 30.3 Å². The van der Waals surface area contributed by atoms with Gasteiger partial charge in [0.05, 0.1) is 12.4 Å². The van der Waals surface area contributed by atoms with Gasteiger partial charge in [-0.25, -0.2) is 0 Å². The number of hydrogen-bond donors (Lipinski definition) is 1. The van der Waals surface area contributed by atoms with Gasteiger partial charge in [0.15, 0.2) is 0 Å². The minimum Gasteiger partial charge on any atom is -0.256 e. The van der Waals surface area contributed by atoms with Crippen molar-refractivity contribution < 1.29 is 0 Å². The zero-order chi connectivity index (χ0) is 8.10. The summed E-state index contributed by atoms with van der Waals surface area (Å²) in [6.45, 7) is 0. The van der Waals surface area contributed by atoms with Crippen LogP contribution >= 0.6 is 12.2 Å². The predicted octanol–water partition coefficient (Wildman–Crippen LogP) is 1.60. The maximum absolute atomic E-state index is 4.95. The van der Waals surface area contributed by atoms with Gasteiger partial charge in [0.2, 0.25) is 0 Å². The van der Waals surface area contributed by atoms with Gasteiger partial charge in [-0.05, 0) is 0 Å². The Hall–Kier alpha value is -0.870. The van der Waals surface area contributed by atoms with Crippen molar-refractivity contribution in [3.63, 3.8) is 0 Å². The molecule has 1 N–H and O–H groups in total. The highest BCUT2D eigenvalue weighted by atomic mass is 32.1. The molecule has 0 heterocycles. The van der Waals surface area contributed by atoms with Crippen LogP contribution in [0.4, 0.5) is 0 Å². The first-order chi connectivity index (χ1) is 5.34. The van der Waals surface area contributed by atoms with Gasteiger partial charge in [0.25, 0.3) is 0 Å². The average Bonchev–Trinajstić information content (AvgIpc) is 2.07. The van der Waals surface area contributed by atoms with Crippen molar-refractivity contribution in [3.8, 4) is 0 Å². The molecule has 0 saturated heterocycles. The number of hydrogen-bond acceptors (Lipinski definition) is 3. The Morgan fingerprint density at radius 3 is 2.45 bits per heavy atom. The minimum atomic E-state index is 0.556. The fourth-order valence-corrected chi connectivity index (χ4v) is 1.03. The van der Waals surface area contributed by atoms with Gasteiger partial charge in [-0.3, -0.25) is 5.43 Å². The predicted molar refractivity (Wildman–Crippen MR) is 51.1 cm³/mol. The van der Waals surface area contributed by atoms with Crippen molar-refractivity contribution in [2.75, 3.05) is 0 Å². The summed E-state index contributed by atoms with van der Waals surface area (Å²) in [7, 11) is 0. The SMILES string of the molecule is S=NNC(=S)c1ccccc1. The molecule has 0 bridgehead atoms. The molecule has 0 spiro atoms. The summed E-state index contributed by atoms with van der Waals surface area (Å²) in [6.07, 6.45) is 0. The summed E-state index contributed by atoms with van der Waals surface area (Å²) in [5.41, 5.74) is 3.46. The lowest BCUT2D eigenvalue weighted by Gasteiger charge is -1.99. The molecule has 0 saturated carbocycles. The van der Waals surface area contributed by atoms with Crippen molar-refractivity contribution >= 4 is 29.6 Å². The molecule has 56 valence electrons. The van der Waals surface area contributed by atoms with Crippen LogP contribution in [0.1, 0.15) is 5.56 Å². The summed E-state index contributed by atoms with van der Waals surface area (Å²) in [6, 6.07) is 9.54. The van der Waals surface area contributed by atoms with E-state index in [2.05, 4.69) is 22.3 Å². The molecule has 0 aromatic heterocycles. The van der Waals surface area contributed by atoms with Crippen molar-refractivity contribution in [1.82, 2.24) is 5.43 Å². The summed E-state index contributed by atoms with van der Waals surface area (Å²) in [5, 5.41) is 0. The number of nitrogens with one attached hydrogen (secondary N) is 1. The normalized spacial score (nSPS) is 8.73. The molecule has 2 nitrogen and oxygen atoms in total. The summed E-state index contributed by atoms with van der Waals surface area (Å²) >= 11 is 9.30. The highest BCUT2D eigenvalue weighted by Gasteiger charge is 1.95. The van der Waals surface area contributed by atoms with E-state index in [1.165, 1.54) is 0 Å². The van der Waals surface area contributed by atoms with E-state index in [4.69, 9.17) is 12.2 Å². The standard InChI is InChI=1S/C7H6N2S2/c10-7(8-9-11)6-4-2-1-3-5-6/h1-5H,(H,8,10,11). The quantitative estimate of drug-likeness (QED) is 0.555. The lowest BCUT2D eigenvalue weighted by molar-refractivity contribution is 1.08. The molecule has 1 aromatic rings. The van der Waals surface area contributed by atoms with Gasteiger partial charge in [0.1, 0.15) is 4.99 Å². The van der Waals surface area contributed by atoms with E-state index >= 15 is 0 Å². The summed E-state index contributed by atoms with van der Waals surface area (Å²) < 4.78 is 3.30. The molecule has 0 aliphatic carbocycles. The van der Waals surface area contributed by atoms with Crippen LogP contribution in [0.15, 0.2) is 34.8 Å². The van der Waals surface area contributed by atoms with Crippen LogP contribution in [0, 0.1) is 0 Å². The van der Waals surface area contributed by atoms with Crippen LogP contribution in [0.5, 0.6) is 0 Å². The highest BCUT2D eigenvalue weighted by Crippen LogP contribution is 1.98. The Balaban J connectivity index is 2.77. The first-order valence-electron chi connectivity index (χ1n) is 3.02. The lowest BCUT2D eigenvalue weighted by atomic mass is 10.2. The molecule has 4 heteroatoms. The fourth-order valence-electron chi connectivity index (χ4n) is 0.696. The van der Waals surface area contributed by atoms with Gasteiger partial charge in [0, 0.05) is 5.56 Å². The third-order valence-electron chi connectivity index (χ3n) is 1.18. The van der Waals surface area contributed by atoms with Crippen molar-refractivity contribution in [2.45, 2.75) is 0 Å². The molecule has 0 fully saturated rings. The summed E-state index contributed by atoms with van der Waals surface area (Å²) in [4.78, 5) is 0.556. The Kier molecular flexibility index (Phi) is 3.07. The van der Waals surface area contributed by atoms with Crippen LogP contribution in [0.2, 0.25) is 0 Å². The van der Waals surface area contributed by atoms with Gasteiger partial charge in [-0.15, -0.1) is 4.47 Å². The van der Waals surface area contributed by atoms with E-state index in [9.17, 15) is 0 Å². The van der Waals surface area contributed by atoms with Gasteiger partial charge < -0.3 is 0 Å². The molecular formula is C7H6N2S2. The van der Waals surface area contributed by atoms with Crippen molar-refractivity contribution in [3.05, 3.63) is 35.9 Å². The molecule has 1 aromatic carbocycles. The van der Waals surface area contributed by atoms with Gasteiger partial charge >= 0.3 is 0 Å². The average molecular weight is 182 g/mol. The van der Waals surface area contributed by atoms with Crippen molar-refractivity contribution in [1.29, 1.82) is 0 Å². The van der Waals surface area contributed by atoms with Crippen LogP contribution < -0.4 is 5.43 Å². The van der Waals surface area contributed by atoms with Crippen LogP contribution in [-0.4, -0.2) is 4.99 Å². The number of nitrogens with zero attached hydrogens (tertiary/aromatic N) is 1. The highest BCUT2D eigenvalue weighted by molar-refractivity contribution is 7.80. The Labute approximate surface area is 75.8 Å². The maximum Gasteiger partial charge on any atom is 0.127 e. The maximum atomic E-state index is 4.95. The fraction of sp³-hybridized carbons (Fsp3) is 0. The van der Waals surface area contributed by atoms with Crippen molar-refractivity contribution in [2.24, 2.45) is 4.47 Å². The molecular weight excluding hydrogens is 176 g/mol. The largest absolute Gasteiger partial charge is 0.256 e. The Morgan fingerprint density at radius 2 is 1.91 bits per heavy atom. The Morgan fingerprint density at radius 1 is 1.27 bits per heavy atom. The van der Waals surface area contributed by atoms with E-state index < -0.39 is 0 Å². The third kappa shape index (κ3) is 2.32. The second kappa shape index (κ2) is 4.10. The van der Waals surface area contributed by atoms with Gasteiger partial charge in [-0.2, -0.15) is 0 Å². The molecule has 0 radical (unpaired) electrons. The Bertz CT molecular complexity index is 258. The molecule has 0 unspecified atom stereocenters. The first-order valence-corrected chi connectivity index (χ1v) is 3.79. The molecule has 11 heavy (non-hydrogen) atoms. The number of benzene rings is 1. The molecule has 0 aliphatic rings. The third-order valence-corrected chi connectivity index (χ3v) is 1.60. The molecule has 0 atom stereocenters. The summed E-state index contributed by atoms with van der Waals surface area (Å²) in [5.74, 6) is 0. The molecule has 0 amide bonds. The smallest absolute Gasteiger partial charge is 0.127 e.